The summed E-state index contributed by atoms with van der Waals surface area (Å²) in [7, 11) is -1.92. The summed E-state index contributed by atoms with van der Waals surface area (Å²) in [4.78, 5) is 0.273. The zero-order valence-corrected chi connectivity index (χ0v) is 11.4. The van der Waals surface area contributed by atoms with Crippen LogP contribution in [0, 0.1) is 0 Å². The predicted octanol–water partition coefficient (Wildman–Crippen LogP) is 2.26. The molecule has 2 rings (SSSR count). The zero-order valence-electron chi connectivity index (χ0n) is 10.6. The summed E-state index contributed by atoms with van der Waals surface area (Å²) in [5.74, 6) is 0.418. The molecule has 0 spiro atoms. The summed E-state index contributed by atoms with van der Waals surface area (Å²) in [5, 5.41) is 0. The summed E-state index contributed by atoms with van der Waals surface area (Å²) in [5.41, 5.74) is 0. The third-order valence-corrected chi connectivity index (χ3v) is 5.19. The molecule has 18 heavy (non-hydrogen) atoms. The van der Waals surface area contributed by atoms with Crippen LogP contribution in [0.1, 0.15) is 25.7 Å². The third-order valence-electron chi connectivity index (χ3n) is 3.25. The fraction of sp³-hybridized carbons (Fsp3) is 0.538. The lowest BCUT2D eigenvalue weighted by Gasteiger charge is -2.21. The molecular formula is C13H19NO3S. The van der Waals surface area contributed by atoms with Crippen LogP contribution in [0.4, 0.5) is 0 Å². The predicted molar refractivity (Wildman–Crippen MR) is 70.2 cm³/mol. The third kappa shape index (κ3) is 2.67. The van der Waals surface area contributed by atoms with E-state index >= 15 is 0 Å². The average molecular weight is 269 g/mol. The Labute approximate surface area is 109 Å². The van der Waals surface area contributed by atoms with Crippen molar-refractivity contribution in [2.75, 3.05) is 20.2 Å². The molecular weight excluding hydrogens is 250 g/mol. The number of ether oxygens (including phenoxy) is 1. The van der Waals surface area contributed by atoms with Gasteiger partial charge in [0.25, 0.3) is 0 Å². The van der Waals surface area contributed by atoms with Gasteiger partial charge in [-0.25, -0.2) is 8.42 Å². The number of hydrogen-bond donors (Lipinski definition) is 0. The lowest BCUT2D eigenvalue weighted by atomic mass is 10.2. The normalized spacial score (nSPS) is 18.3. The Morgan fingerprint density at radius 2 is 1.67 bits per heavy atom. The van der Waals surface area contributed by atoms with Crippen molar-refractivity contribution in [2.45, 2.75) is 30.6 Å². The molecule has 0 aromatic heterocycles. The summed E-state index contributed by atoms with van der Waals surface area (Å²) in [6.45, 7) is 1.22. The molecule has 1 aromatic carbocycles. The van der Waals surface area contributed by atoms with Crippen molar-refractivity contribution >= 4 is 10.0 Å². The Bertz CT molecular complexity index is 491. The van der Waals surface area contributed by atoms with E-state index in [0.717, 1.165) is 25.7 Å². The van der Waals surface area contributed by atoms with Gasteiger partial charge in [0.1, 0.15) is 10.6 Å². The van der Waals surface area contributed by atoms with E-state index in [4.69, 9.17) is 4.74 Å². The molecule has 0 aliphatic carbocycles. The quantitative estimate of drug-likeness (QED) is 0.845. The van der Waals surface area contributed by atoms with Gasteiger partial charge in [-0.05, 0) is 25.0 Å². The van der Waals surface area contributed by atoms with Crippen LogP contribution in [-0.4, -0.2) is 32.9 Å². The van der Waals surface area contributed by atoms with Crippen molar-refractivity contribution in [1.29, 1.82) is 0 Å². The number of hydrogen-bond acceptors (Lipinski definition) is 3. The SMILES string of the molecule is COc1ccccc1S(=O)(=O)N1CCCCCC1. The second-order valence-corrected chi connectivity index (χ2v) is 6.38. The Hall–Kier alpha value is -1.07. The number of para-hydroxylation sites is 1. The fourth-order valence-corrected chi connectivity index (χ4v) is 3.93. The lowest BCUT2D eigenvalue weighted by molar-refractivity contribution is 0.391. The molecule has 0 N–H and O–H groups in total. The minimum absolute atomic E-state index is 0.273. The van der Waals surface area contributed by atoms with E-state index < -0.39 is 10.0 Å². The van der Waals surface area contributed by atoms with Gasteiger partial charge >= 0.3 is 0 Å². The molecule has 0 saturated carbocycles. The number of rotatable bonds is 3. The van der Waals surface area contributed by atoms with E-state index in [0.29, 0.717) is 18.8 Å². The average Bonchev–Trinajstić information content (AvgIpc) is 2.68. The molecule has 1 aromatic rings. The first kappa shape index (κ1) is 13.4. The maximum absolute atomic E-state index is 12.6. The fourth-order valence-electron chi connectivity index (χ4n) is 2.25. The van der Waals surface area contributed by atoms with Crippen molar-refractivity contribution in [1.82, 2.24) is 4.31 Å². The largest absolute Gasteiger partial charge is 0.495 e. The molecule has 0 amide bonds. The van der Waals surface area contributed by atoms with Gasteiger partial charge in [0, 0.05) is 13.1 Å². The van der Waals surface area contributed by atoms with Crippen molar-refractivity contribution in [3.63, 3.8) is 0 Å². The molecule has 1 heterocycles. The number of methoxy groups -OCH3 is 1. The van der Waals surface area contributed by atoms with Gasteiger partial charge in [0.15, 0.2) is 0 Å². The maximum atomic E-state index is 12.6. The van der Waals surface area contributed by atoms with Gasteiger partial charge in [-0.15, -0.1) is 0 Å². The van der Waals surface area contributed by atoms with Crippen LogP contribution in [0.5, 0.6) is 5.75 Å². The zero-order chi connectivity index (χ0) is 13.0. The van der Waals surface area contributed by atoms with Crippen molar-refractivity contribution in [3.8, 4) is 5.75 Å². The van der Waals surface area contributed by atoms with Crippen LogP contribution in [0.25, 0.3) is 0 Å². The Morgan fingerprint density at radius 1 is 1.06 bits per heavy atom. The van der Waals surface area contributed by atoms with E-state index in [1.54, 1.807) is 28.6 Å². The highest BCUT2D eigenvalue weighted by Crippen LogP contribution is 2.27. The standard InChI is InChI=1S/C13H19NO3S/c1-17-12-8-4-5-9-13(12)18(15,16)14-10-6-2-3-7-11-14/h4-5,8-9H,2-3,6-7,10-11H2,1H3. The first-order valence-electron chi connectivity index (χ1n) is 6.29. The first-order valence-corrected chi connectivity index (χ1v) is 7.73. The second kappa shape index (κ2) is 5.71. The molecule has 100 valence electrons. The van der Waals surface area contributed by atoms with Gasteiger partial charge in [-0.2, -0.15) is 4.31 Å². The Morgan fingerprint density at radius 3 is 2.28 bits per heavy atom. The van der Waals surface area contributed by atoms with Gasteiger partial charge < -0.3 is 4.74 Å². The Balaban J connectivity index is 2.34. The Kier molecular flexibility index (Phi) is 4.24. The molecule has 0 bridgehead atoms. The van der Waals surface area contributed by atoms with Gasteiger partial charge in [-0.1, -0.05) is 25.0 Å². The van der Waals surface area contributed by atoms with Crippen LogP contribution < -0.4 is 4.74 Å². The van der Waals surface area contributed by atoms with Gasteiger partial charge in [0.2, 0.25) is 10.0 Å². The smallest absolute Gasteiger partial charge is 0.246 e. The lowest BCUT2D eigenvalue weighted by Crippen LogP contribution is -2.32. The van der Waals surface area contributed by atoms with E-state index in [-0.39, 0.29) is 4.90 Å². The van der Waals surface area contributed by atoms with Gasteiger partial charge in [0.05, 0.1) is 7.11 Å². The van der Waals surface area contributed by atoms with E-state index in [1.165, 1.54) is 7.11 Å². The summed E-state index contributed by atoms with van der Waals surface area (Å²) < 4.78 is 31.9. The highest BCUT2D eigenvalue weighted by molar-refractivity contribution is 7.89. The molecule has 1 fully saturated rings. The molecule has 1 saturated heterocycles. The molecule has 0 unspecified atom stereocenters. The van der Waals surface area contributed by atoms with Crippen molar-refractivity contribution < 1.29 is 13.2 Å². The topological polar surface area (TPSA) is 46.6 Å². The molecule has 4 nitrogen and oxygen atoms in total. The van der Waals surface area contributed by atoms with Crippen LogP contribution in [0.3, 0.4) is 0 Å². The van der Waals surface area contributed by atoms with Crippen LogP contribution in [0.2, 0.25) is 0 Å². The van der Waals surface area contributed by atoms with Crippen LogP contribution in [0.15, 0.2) is 29.2 Å². The summed E-state index contributed by atoms with van der Waals surface area (Å²) >= 11 is 0. The number of nitrogens with zero attached hydrogens (tertiary/aromatic N) is 1. The van der Waals surface area contributed by atoms with Crippen LogP contribution in [-0.2, 0) is 10.0 Å². The highest BCUT2D eigenvalue weighted by Gasteiger charge is 2.27. The van der Waals surface area contributed by atoms with E-state index in [1.807, 2.05) is 0 Å². The number of benzene rings is 1. The second-order valence-electron chi connectivity index (χ2n) is 4.47. The summed E-state index contributed by atoms with van der Waals surface area (Å²) in [6, 6.07) is 6.80. The van der Waals surface area contributed by atoms with Crippen molar-refractivity contribution in [3.05, 3.63) is 24.3 Å². The molecule has 5 heteroatoms. The molecule has 1 aliphatic heterocycles. The number of sulfonamides is 1. The van der Waals surface area contributed by atoms with E-state index in [9.17, 15) is 8.42 Å². The van der Waals surface area contributed by atoms with E-state index in [2.05, 4.69) is 0 Å². The first-order chi connectivity index (χ1) is 8.66. The molecule has 1 aliphatic rings. The maximum Gasteiger partial charge on any atom is 0.246 e. The summed E-state index contributed by atoms with van der Waals surface area (Å²) in [6.07, 6.45) is 4.10. The van der Waals surface area contributed by atoms with Gasteiger partial charge in [-0.3, -0.25) is 0 Å². The minimum atomic E-state index is -3.42. The minimum Gasteiger partial charge on any atom is -0.495 e. The molecule has 0 radical (unpaired) electrons. The van der Waals surface area contributed by atoms with Crippen molar-refractivity contribution in [2.24, 2.45) is 0 Å². The monoisotopic (exact) mass is 269 g/mol. The molecule has 0 atom stereocenters. The highest BCUT2D eigenvalue weighted by atomic mass is 32.2. The van der Waals surface area contributed by atoms with Crippen LogP contribution >= 0.6 is 0 Å².